The maximum Gasteiger partial charge on any atom is 0.231 e. The molecule has 9 heteroatoms. The van der Waals surface area contributed by atoms with Crippen LogP contribution in [0, 0.1) is 0 Å². The molecule has 2 atom stereocenters. The molecule has 2 aromatic heterocycles. The Hall–Kier alpha value is -3.07. The Morgan fingerprint density at radius 1 is 1.06 bits per heavy atom. The van der Waals surface area contributed by atoms with Crippen molar-refractivity contribution in [2.24, 2.45) is 0 Å². The van der Waals surface area contributed by atoms with Crippen LogP contribution in [0.2, 0.25) is 5.02 Å². The number of fused-ring (bicyclic) bond motifs is 2. The van der Waals surface area contributed by atoms with Crippen LogP contribution in [-0.2, 0) is 11.2 Å². The summed E-state index contributed by atoms with van der Waals surface area (Å²) in [6.07, 6.45) is 1.24. The quantitative estimate of drug-likeness (QED) is 0.231. The van der Waals surface area contributed by atoms with Crippen LogP contribution in [0.1, 0.15) is 34.7 Å². The molecule has 3 heterocycles. The summed E-state index contributed by atoms with van der Waals surface area (Å²) in [5.74, 6) is 0.922. The number of hydrogen-bond donors (Lipinski definition) is 3. The number of hydrogen-bond acceptors (Lipinski definition) is 6. The molecule has 1 aliphatic rings. The Labute approximate surface area is 209 Å². The molecule has 0 spiro atoms. The monoisotopic (exact) mass is 505 g/mol. The highest BCUT2D eigenvalue weighted by Gasteiger charge is 2.24. The smallest absolute Gasteiger partial charge is 0.231 e. The molecule has 5 aromatic rings. The molecule has 6 rings (SSSR count). The van der Waals surface area contributed by atoms with Crippen molar-refractivity contribution in [1.29, 1.82) is 0 Å². The van der Waals surface area contributed by atoms with Gasteiger partial charge in [0, 0.05) is 11.4 Å². The minimum atomic E-state index is -0.110. The lowest BCUT2D eigenvalue weighted by molar-refractivity contribution is -0.118. The number of halogens is 1. The van der Waals surface area contributed by atoms with Crippen molar-refractivity contribution in [2.75, 3.05) is 5.32 Å². The molecule has 6 nitrogen and oxygen atoms in total. The highest BCUT2D eigenvalue weighted by atomic mass is 35.5. The van der Waals surface area contributed by atoms with Gasteiger partial charge in [-0.25, -0.2) is 9.97 Å². The zero-order valence-corrected chi connectivity index (χ0v) is 20.3. The molecule has 3 aromatic carbocycles. The molecular weight excluding hydrogens is 486 g/mol. The second-order valence-corrected chi connectivity index (χ2v) is 10.7. The van der Waals surface area contributed by atoms with Gasteiger partial charge in [-0.3, -0.25) is 9.52 Å². The fourth-order valence-electron chi connectivity index (χ4n) is 4.14. The van der Waals surface area contributed by atoms with Gasteiger partial charge in [-0.2, -0.15) is 0 Å². The largest absolute Gasteiger partial charge is 0.351 e. The van der Waals surface area contributed by atoms with Crippen LogP contribution in [0.4, 0.5) is 5.13 Å². The third kappa shape index (κ3) is 4.36. The maximum atomic E-state index is 11.6. The number of H-pyrrole nitrogens is 1. The number of nitrogens with zero attached hydrogens (tertiary/aromatic N) is 2. The number of thiazole rings is 1. The lowest BCUT2D eigenvalue weighted by atomic mass is 10.0. The van der Waals surface area contributed by atoms with Crippen LogP contribution < -0.4 is 10.0 Å². The Morgan fingerprint density at radius 2 is 1.91 bits per heavy atom. The fraction of sp³-hybridized carbons (Fsp3) is 0.160. The number of aromatic amines is 1. The van der Waals surface area contributed by atoms with E-state index in [1.165, 1.54) is 17.5 Å². The summed E-state index contributed by atoms with van der Waals surface area (Å²) in [7, 11) is 0. The molecule has 170 valence electrons. The van der Waals surface area contributed by atoms with Crippen molar-refractivity contribution in [3.63, 3.8) is 0 Å². The number of para-hydroxylation sites is 1. The summed E-state index contributed by atoms with van der Waals surface area (Å²) in [4.78, 5) is 24.6. The van der Waals surface area contributed by atoms with Gasteiger partial charge in [0.25, 0.3) is 0 Å². The van der Waals surface area contributed by atoms with E-state index in [0.717, 1.165) is 44.2 Å². The van der Waals surface area contributed by atoms with E-state index in [1.807, 2.05) is 36.4 Å². The average molecular weight is 506 g/mol. The predicted octanol–water partition coefficient (Wildman–Crippen LogP) is 6.43. The van der Waals surface area contributed by atoms with Gasteiger partial charge in [0.1, 0.15) is 5.82 Å². The van der Waals surface area contributed by atoms with E-state index in [4.69, 9.17) is 21.6 Å². The first-order valence-corrected chi connectivity index (χ1v) is 13.0. The van der Waals surface area contributed by atoms with Gasteiger partial charge in [-0.05, 0) is 59.8 Å². The number of benzene rings is 3. The number of nitrogens with one attached hydrogen (secondary N) is 3. The Kier molecular flexibility index (Phi) is 5.64. The first-order chi connectivity index (χ1) is 16.6. The third-order valence-corrected chi connectivity index (χ3v) is 8.13. The highest BCUT2D eigenvalue weighted by Crippen LogP contribution is 2.35. The molecule has 0 unspecified atom stereocenters. The van der Waals surface area contributed by atoms with E-state index < -0.39 is 0 Å². The van der Waals surface area contributed by atoms with Crippen LogP contribution in [0.25, 0.3) is 21.3 Å². The van der Waals surface area contributed by atoms with E-state index in [-0.39, 0.29) is 17.2 Å². The summed E-state index contributed by atoms with van der Waals surface area (Å²) in [6.45, 7) is 0. The topological polar surface area (TPSA) is 82.7 Å². The Morgan fingerprint density at radius 3 is 2.71 bits per heavy atom. The van der Waals surface area contributed by atoms with Crippen molar-refractivity contribution in [3.05, 3.63) is 88.7 Å². The number of amides is 1. The van der Waals surface area contributed by atoms with Gasteiger partial charge in [-0.15, -0.1) is 0 Å². The third-order valence-electron chi connectivity index (χ3n) is 5.86. The summed E-state index contributed by atoms with van der Waals surface area (Å²) in [6, 6.07) is 22.2. The molecule has 0 aliphatic carbocycles. The fourth-order valence-corrected chi connectivity index (χ4v) is 6.12. The molecular formula is C25H20ClN5OS2. The van der Waals surface area contributed by atoms with Crippen LogP contribution in [0.5, 0.6) is 0 Å². The second-order valence-electron chi connectivity index (χ2n) is 8.25. The van der Waals surface area contributed by atoms with Gasteiger partial charge in [-0.1, -0.05) is 59.3 Å². The number of rotatable bonds is 6. The lowest BCUT2D eigenvalue weighted by Crippen LogP contribution is -2.15. The zero-order valence-electron chi connectivity index (χ0n) is 17.9. The molecule has 3 N–H and O–H groups in total. The minimum Gasteiger partial charge on any atom is -0.351 e. The number of imidazole rings is 1. The first kappa shape index (κ1) is 21.5. The molecule has 0 bridgehead atoms. The lowest BCUT2D eigenvalue weighted by Gasteiger charge is -2.17. The Balaban J connectivity index is 1.31. The molecule has 0 saturated carbocycles. The number of anilines is 1. The standard InChI is InChI=1S/C25H20ClN5OS2/c26-16-9-10-17-19(12-16)28-24(27-17)20(30-25-29-18-3-1-2-4-21(18)33-25)11-14-5-7-15(8-6-14)22-13-23(32)31-34-22/h1-10,12,20,22H,11,13H2,(H,27,28)(H,29,30)(H,31,32)/t20-,22+/m0/s1. The number of aromatic nitrogens is 3. The van der Waals surface area contributed by atoms with Crippen molar-refractivity contribution in [1.82, 2.24) is 19.7 Å². The SMILES string of the molecule is O=C1C[C@H](c2ccc(C[C@H](Nc3nc4ccccc4s3)c3nc4ccc(Cl)cc4[nH]3)cc2)SN1. The molecule has 1 saturated heterocycles. The van der Waals surface area contributed by atoms with Gasteiger partial charge in [0.15, 0.2) is 5.13 Å². The van der Waals surface area contributed by atoms with Crippen LogP contribution in [0.15, 0.2) is 66.7 Å². The van der Waals surface area contributed by atoms with Crippen molar-refractivity contribution in [2.45, 2.75) is 24.1 Å². The predicted molar refractivity (Wildman–Crippen MR) is 140 cm³/mol. The second kappa shape index (κ2) is 8.94. The molecule has 1 aliphatic heterocycles. The van der Waals surface area contributed by atoms with Crippen molar-refractivity contribution >= 4 is 67.2 Å². The van der Waals surface area contributed by atoms with Crippen LogP contribution in [-0.4, -0.2) is 20.9 Å². The summed E-state index contributed by atoms with van der Waals surface area (Å²) < 4.78 is 3.97. The van der Waals surface area contributed by atoms with Crippen molar-refractivity contribution in [3.8, 4) is 0 Å². The first-order valence-electron chi connectivity index (χ1n) is 10.9. The summed E-state index contributed by atoms with van der Waals surface area (Å²) >= 11 is 9.31. The van der Waals surface area contributed by atoms with Gasteiger partial charge in [0.2, 0.25) is 5.91 Å². The van der Waals surface area contributed by atoms with E-state index in [9.17, 15) is 4.79 Å². The summed E-state index contributed by atoms with van der Waals surface area (Å²) in [5, 5.41) is 5.30. The van der Waals surface area contributed by atoms with Gasteiger partial charge in [0.05, 0.1) is 32.5 Å². The zero-order chi connectivity index (χ0) is 23.1. The van der Waals surface area contributed by atoms with Crippen LogP contribution >= 0.6 is 34.9 Å². The average Bonchev–Trinajstić information content (AvgIpc) is 3.56. The maximum absolute atomic E-state index is 11.6. The summed E-state index contributed by atoms with van der Waals surface area (Å²) in [5.41, 5.74) is 5.08. The van der Waals surface area contributed by atoms with Gasteiger partial charge < -0.3 is 10.3 Å². The Bertz CT molecular complexity index is 1460. The van der Waals surface area contributed by atoms with E-state index in [0.29, 0.717) is 11.4 Å². The molecule has 1 amide bonds. The highest BCUT2D eigenvalue weighted by molar-refractivity contribution is 7.98. The molecule has 0 radical (unpaired) electrons. The normalized spacial score (nSPS) is 16.7. The van der Waals surface area contributed by atoms with E-state index in [2.05, 4.69) is 45.4 Å². The molecule has 34 heavy (non-hydrogen) atoms. The number of carbonyl (C=O) groups excluding carboxylic acids is 1. The van der Waals surface area contributed by atoms with E-state index >= 15 is 0 Å². The van der Waals surface area contributed by atoms with Crippen molar-refractivity contribution < 1.29 is 4.79 Å². The van der Waals surface area contributed by atoms with Crippen LogP contribution in [0.3, 0.4) is 0 Å². The van der Waals surface area contributed by atoms with Gasteiger partial charge >= 0.3 is 0 Å². The number of carbonyl (C=O) groups is 1. The minimum absolute atomic E-state index is 0.0872. The molecule has 1 fully saturated rings. The van der Waals surface area contributed by atoms with E-state index in [1.54, 1.807) is 11.3 Å².